The zero-order chi connectivity index (χ0) is 22.9. The van der Waals surface area contributed by atoms with Crippen LogP contribution in [-0.4, -0.2) is 46.1 Å². The van der Waals surface area contributed by atoms with Gasteiger partial charge in [0.25, 0.3) is 5.91 Å². The molecular formula is C21H19ClN2O7. The van der Waals surface area contributed by atoms with Gasteiger partial charge in [0, 0.05) is 23.7 Å². The highest BCUT2D eigenvalue weighted by atomic mass is 35.5. The van der Waals surface area contributed by atoms with Crippen LogP contribution in [0.4, 0.5) is 11.4 Å². The molecule has 10 heteroatoms. The minimum atomic E-state index is -1.33. The zero-order valence-electron chi connectivity index (χ0n) is 16.6. The molecule has 1 heterocycles. The number of carboxylic acids is 2. The molecule has 162 valence electrons. The first-order chi connectivity index (χ1) is 14.5. The molecule has 0 bridgehead atoms. The average molecular weight is 447 g/mol. The van der Waals surface area contributed by atoms with Gasteiger partial charge in [-0.15, -0.1) is 0 Å². The number of benzene rings is 2. The standard InChI is InChI=1S/C21H19ClN2O7/c1-21(2)20(30)24(15-10-13(22)3-4-16(15)31-21)6-5-17(25)23-14-8-11(18(26)27)7-12(9-14)19(28)29/h3-4,7-10H,5-6H2,1-2H3,(H,23,25)(H,26,27)(H,28,29). The summed E-state index contributed by atoms with van der Waals surface area (Å²) in [5, 5.41) is 21.2. The summed E-state index contributed by atoms with van der Waals surface area (Å²) < 4.78 is 5.73. The van der Waals surface area contributed by atoms with Crippen molar-refractivity contribution in [1.82, 2.24) is 0 Å². The number of hydrogen-bond donors (Lipinski definition) is 3. The molecule has 3 N–H and O–H groups in total. The lowest BCUT2D eigenvalue weighted by Crippen LogP contribution is -2.53. The summed E-state index contributed by atoms with van der Waals surface area (Å²) in [5.74, 6) is -3.08. The highest BCUT2D eigenvalue weighted by molar-refractivity contribution is 6.31. The van der Waals surface area contributed by atoms with Gasteiger partial charge in [-0.25, -0.2) is 9.59 Å². The summed E-state index contributed by atoms with van der Waals surface area (Å²) in [4.78, 5) is 49.1. The Balaban J connectivity index is 1.78. The Kier molecular flexibility index (Phi) is 5.90. The van der Waals surface area contributed by atoms with Crippen molar-refractivity contribution in [1.29, 1.82) is 0 Å². The van der Waals surface area contributed by atoms with E-state index in [-0.39, 0.29) is 35.7 Å². The molecule has 31 heavy (non-hydrogen) atoms. The largest absolute Gasteiger partial charge is 0.478 e. The van der Waals surface area contributed by atoms with Crippen LogP contribution < -0.4 is 15.0 Å². The first-order valence-electron chi connectivity index (χ1n) is 9.20. The minimum absolute atomic E-state index is 0.00913. The smallest absolute Gasteiger partial charge is 0.335 e. The normalized spacial score (nSPS) is 14.4. The molecule has 0 unspecified atom stereocenters. The van der Waals surface area contributed by atoms with Crippen LogP contribution >= 0.6 is 11.6 Å². The van der Waals surface area contributed by atoms with Gasteiger partial charge in [0.1, 0.15) is 5.75 Å². The van der Waals surface area contributed by atoms with E-state index in [4.69, 9.17) is 26.6 Å². The second kappa shape index (κ2) is 8.27. The molecule has 1 aliphatic rings. The Morgan fingerprint density at radius 3 is 2.26 bits per heavy atom. The molecule has 0 saturated heterocycles. The van der Waals surface area contributed by atoms with Gasteiger partial charge in [0.15, 0.2) is 5.60 Å². The predicted octanol–water partition coefficient (Wildman–Crippen LogP) is 3.27. The van der Waals surface area contributed by atoms with Crippen LogP contribution in [-0.2, 0) is 9.59 Å². The molecule has 1 aliphatic heterocycles. The molecule has 2 amide bonds. The minimum Gasteiger partial charge on any atom is -0.478 e. The molecule has 0 aromatic heterocycles. The number of halogens is 1. The van der Waals surface area contributed by atoms with Gasteiger partial charge in [-0.05, 0) is 50.2 Å². The van der Waals surface area contributed by atoms with Crippen molar-refractivity contribution in [3.05, 3.63) is 52.5 Å². The predicted molar refractivity (Wildman–Crippen MR) is 112 cm³/mol. The number of nitrogens with one attached hydrogen (secondary N) is 1. The molecule has 0 saturated carbocycles. The number of carbonyl (C=O) groups is 4. The highest BCUT2D eigenvalue weighted by Crippen LogP contribution is 2.39. The van der Waals surface area contributed by atoms with Crippen LogP contribution in [0.5, 0.6) is 5.75 Å². The van der Waals surface area contributed by atoms with E-state index in [1.165, 1.54) is 4.90 Å². The van der Waals surface area contributed by atoms with Crippen molar-refractivity contribution < 1.29 is 34.1 Å². The number of fused-ring (bicyclic) bond motifs is 1. The average Bonchev–Trinajstić information content (AvgIpc) is 2.68. The van der Waals surface area contributed by atoms with Crippen LogP contribution in [0.25, 0.3) is 0 Å². The van der Waals surface area contributed by atoms with E-state index in [1.54, 1.807) is 32.0 Å². The molecule has 0 radical (unpaired) electrons. The maximum Gasteiger partial charge on any atom is 0.335 e. The van der Waals surface area contributed by atoms with Gasteiger partial charge < -0.3 is 25.2 Å². The Bertz CT molecular complexity index is 1060. The molecular weight excluding hydrogens is 428 g/mol. The molecule has 9 nitrogen and oxygen atoms in total. The number of rotatable bonds is 6. The van der Waals surface area contributed by atoms with E-state index in [0.717, 1.165) is 18.2 Å². The Hall–Kier alpha value is -3.59. The van der Waals surface area contributed by atoms with Crippen LogP contribution in [0.2, 0.25) is 5.02 Å². The fourth-order valence-electron chi connectivity index (χ4n) is 3.15. The van der Waals surface area contributed by atoms with Crippen LogP contribution in [0.3, 0.4) is 0 Å². The number of anilines is 2. The second-order valence-corrected chi connectivity index (χ2v) is 7.83. The van der Waals surface area contributed by atoms with Gasteiger partial charge in [0.2, 0.25) is 5.91 Å². The molecule has 2 aromatic rings. The molecule has 2 aromatic carbocycles. The summed E-state index contributed by atoms with van der Waals surface area (Å²) >= 11 is 6.04. The van der Waals surface area contributed by atoms with Crippen LogP contribution in [0.15, 0.2) is 36.4 Å². The Labute approximate surface area is 182 Å². The summed E-state index contributed by atoms with van der Waals surface area (Å²) in [7, 11) is 0. The number of aromatic carboxylic acids is 2. The van der Waals surface area contributed by atoms with Gasteiger partial charge in [-0.1, -0.05) is 11.6 Å². The van der Waals surface area contributed by atoms with E-state index >= 15 is 0 Å². The van der Waals surface area contributed by atoms with E-state index in [0.29, 0.717) is 16.5 Å². The van der Waals surface area contributed by atoms with Crippen molar-refractivity contribution in [2.45, 2.75) is 25.9 Å². The zero-order valence-corrected chi connectivity index (χ0v) is 17.4. The summed E-state index contributed by atoms with van der Waals surface area (Å²) in [6, 6.07) is 8.15. The molecule has 0 aliphatic carbocycles. The van der Waals surface area contributed by atoms with E-state index < -0.39 is 23.4 Å². The van der Waals surface area contributed by atoms with Crippen molar-refractivity contribution in [3.8, 4) is 5.75 Å². The summed E-state index contributed by atoms with van der Waals surface area (Å²) in [6.07, 6.45) is -0.131. The van der Waals surface area contributed by atoms with Gasteiger partial charge >= 0.3 is 11.9 Å². The first-order valence-corrected chi connectivity index (χ1v) is 9.58. The van der Waals surface area contributed by atoms with Crippen molar-refractivity contribution >= 4 is 46.7 Å². The van der Waals surface area contributed by atoms with Gasteiger partial charge in [0.05, 0.1) is 16.8 Å². The quantitative estimate of drug-likeness (QED) is 0.620. The third kappa shape index (κ3) is 4.77. The molecule has 0 fully saturated rings. The Morgan fingerprint density at radius 2 is 1.68 bits per heavy atom. The summed E-state index contributed by atoms with van der Waals surface area (Å²) in [5.41, 5.74) is -1.22. The molecule has 3 rings (SSSR count). The lowest BCUT2D eigenvalue weighted by Gasteiger charge is -2.38. The second-order valence-electron chi connectivity index (χ2n) is 7.39. The topological polar surface area (TPSA) is 133 Å². The number of ether oxygens (including phenoxy) is 1. The van der Waals surface area contributed by atoms with Gasteiger partial charge in [-0.2, -0.15) is 0 Å². The van der Waals surface area contributed by atoms with Crippen LogP contribution in [0, 0.1) is 0 Å². The number of carboxylic acid groups (broad SMARTS) is 2. The van der Waals surface area contributed by atoms with Crippen molar-refractivity contribution in [3.63, 3.8) is 0 Å². The van der Waals surface area contributed by atoms with Gasteiger partial charge in [-0.3, -0.25) is 9.59 Å². The number of amides is 2. The van der Waals surface area contributed by atoms with E-state index in [2.05, 4.69) is 5.32 Å². The maximum absolute atomic E-state index is 12.8. The highest BCUT2D eigenvalue weighted by Gasteiger charge is 2.40. The first kappa shape index (κ1) is 22.1. The lowest BCUT2D eigenvalue weighted by molar-refractivity contribution is -0.132. The van der Waals surface area contributed by atoms with Crippen LogP contribution in [0.1, 0.15) is 41.0 Å². The maximum atomic E-state index is 12.8. The summed E-state index contributed by atoms with van der Waals surface area (Å²) in [6.45, 7) is 3.24. The fourth-order valence-corrected chi connectivity index (χ4v) is 3.31. The monoisotopic (exact) mass is 446 g/mol. The fraction of sp³-hybridized carbons (Fsp3) is 0.238. The lowest BCUT2D eigenvalue weighted by atomic mass is 10.0. The third-order valence-corrected chi connectivity index (χ3v) is 4.85. The number of carbonyl (C=O) groups excluding carboxylic acids is 2. The van der Waals surface area contributed by atoms with E-state index in [9.17, 15) is 19.2 Å². The molecule has 0 atom stereocenters. The number of hydrogen-bond acceptors (Lipinski definition) is 5. The molecule has 0 spiro atoms. The third-order valence-electron chi connectivity index (χ3n) is 4.61. The van der Waals surface area contributed by atoms with Crippen molar-refractivity contribution in [2.24, 2.45) is 0 Å². The number of nitrogens with zero attached hydrogens (tertiary/aromatic N) is 1. The Morgan fingerprint density at radius 1 is 1.06 bits per heavy atom. The van der Waals surface area contributed by atoms with Crippen molar-refractivity contribution in [2.75, 3.05) is 16.8 Å². The SMILES string of the molecule is CC1(C)Oc2ccc(Cl)cc2N(CCC(=O)Nc2cc(C(=O)O)cc(C(=O)O)c2)C1=O. The van der Waals surface area contributed by atoms with E-state index in [1.807, 2.05) is 0 Å².